The summed E-state index contributed by atoms with van der Waals surface area (Å²) in [5, 5.41) is 12.7. The molecular formula is C12H9ClN2O5. The molecule has 0 saturated heterocycles. The van der Waals surface area contributed by atoms with Gasteiger partial charge >= 0.3 is 5.97 Å². The smallest absolute Gasteiger partial charge is 0.340 e. The number of nitrogens with zero attached hydrogens (tertiary/aromatic N) is 1. The number of rotatable bonds is 5. The number of non-ortho nitro benzene ring substituents is 1. The van der Waals surface area contributed by atoms with E-state index in [4.69, 9.17) is 22.8 Å². The molecule has 0 spiro atoms. The number of nitrogens with one attached hydrogen (secondary N) is 1. The molecular weight excluding hydrogens is 288 g/mol. The van der Waals surface area contributed by atoms with E-state index in [1.807, 2.05) is 0 Å². The van der Waals surface area contributed by atoms with Crippen LogP contribution >= 0.6 is 11.6 Å². The number of hydrogen-bond acceptors (Lipinski definition) is 5. The minimum Gasteiger partial charge on any atom is -0.452 e. The Kier molecular flexibility index (Phi) is 5.50. The van der Waals surface area contributed by atoms with E-state index in [0.717, 1.165) is 18.2 Å². The van der Waals surface area contributed by atoms with Crippen LogP contribution in [0.4, 0.5) is 5.69 Å². The third-order valence-electron chi connectivity index (χ3n) is 2.11. The van der Waals surface area contributed by atoms with Crippen molar-refractivity contribution in [3.05, 3.63) is 38.9 Å². The quantitative estimate of drug-likeness (QED) is 0.380. The van der Waals surface area contributed by atoms with E-state index in [1.54, 1.807) is 0 Å². The fraction of sp³-hybridized carbons (Fsp3) is 0.167. The number of nitro benzene ring substituents is 1. The van der Waals surface area contributed by atoms with Crippen molar-refractivity contribution < 1.29 is 19.2 Å². The van der Waals surface area contributed by atoms with Crippen LogP contribution in [0.15, 0.2) is 18.2 Å². The molecule has 0 aromatic heterocycles. The van der Waals surface area contributed by atoms with Crippen LogP contribution < -0.4 is 5.32 Å². The minimum absolute atomic E-state index is 0.0225. The van der Waals surface area contributed by atoms with Crippen LogP contribution in [0.25, 0.3) is 0 Å². The van der Waals surface area contributed by atoms with E-state index in [9.17, 15) is 19.7 Å². The van der Waals surface area contributed by atoms with Gasteiger partial charge in [-0.25, -0.2) is 4.79 Å². The molecule has 7 nitrogen and oxygen atoms in total. The summed E-state index contributed by atoms with van der Waals surface area (Å²) in [6, 6.07) is 3.29. The van der Waals surface area contributed by atoms with Gasteiger partial charge in [-0.1, -0.05) is 17.5 Å². The van der Waals surface area contributed by atoms with Crippen molar-refractivity contribution in [3.8, 4) is 12.3 Å². The van der Waals surface area contributed by atoms with E-state index in [2.05, 4.69) is 11.2 Å². The Morgan fingerprint density at radius 3 is 2.75 bits per heavy atom. The molecule has 0 aliphatic heterocycles. The van der Waals surface area contributed by atoms with Gasteiger partial charge in [-0.15, -0.1) is 6.42 Å². The molecule has 0 bridgehead atoms. The molecule has 1 amide bonds. The average Bonchev–Trinajstić information content (AvgIpc) is 2.42. The van der Waals surface area contributed by atoms with Gasteiger partial charge in [0.15, 0.2) is 6.61 Å². The molecule has 0 fully saturated rings. The highest BCUT2D eigenvalue weighted by atomic mass is 35.5. The lowest BCUT2D eigenvalue weighted by Gasteiger charge is -2.06. The van der Waals surface area contributed by atoms with Gasteiger partial charge in [-0.3, -0.25) is 14.9 Å². The van der Waals surface area contributed by atoms with Gasteiger partial charge in [-0.05, 0) is 6.07 Å². The molecule has 1 N–H and O–H groups in total. The molecule has 0 aliphatic rings. The van der Waals surface area contributed by atoms with Gasteiger partial charge in [0.1, 0.15) is 0 Å². The molecule has 0 aliphatic carbocycles. The first-order chi connectivity index (χ1) is 9.45. The van der Waals surface area contributed by atoms with Gasteiger partial charge in [0.2, 0.25) is 0 Å². The summed E-state index contributed by atoms with van der Waals surface area (Å²) in [5.74, 6) is 0.765. The van der Waals surface area contributed by atoms with Crippen molar-refractivity contribution in [1.29, 1.82) is 0 Å². The maximum atomic E-state index is 11.6. The normalized spacial score (nSPS) is 9.40. The Morgan fingerprint density at radius 2 is 2.20 bits per heavy atom. The van der Waals surface area contributed by atoms with Crippen LogP contribution in [0.1, 0.15) is 10.4 Å². The lowest BCUT2D eigenvalue weighted by molar-refractivity contribution is -0.384. The number of halogens is 1. The standard InChI is InChI=1S/C12H9ClN2O5/c1-2-5-14-11(16)7-20-12(17)9-4-3-8(15(18)19)6-10(9)13/h1,3-4,6H,5,7H2,(H,14,16). The maximum absolute atomic E-state index is 11.6. The van der Waals surface area contributed by atoms with E-state index in [0.29, 0.717) is 0 Å². The number of carbonyl (C=O) groups is 2. The van der Waals surface area contributed by atoms with Crippen molar-refractivity contribution >= 4 is 29.2 Å². The van der Waals surface area contributed by atoms with Crippen molar-refractivity contribution in [2.24, 2.45) is 0 Å². The largest absolute Gasteiger partial charge is 0.452 e. The molecule has 0 unspecified atom stereocenters. The molecule has 0 atom stereocenters. The van der Waals surface area contributed by atoms with Crippen LogP contribution in [-0.2, 0) is 9.53 Å². The molecule has 0 radical (unpaired) electrons. The lowest BCUT2D eigenvalue weighted by Crippen LogP contribution is -2.29. The predicted molar refractivity (Wildman–Crippen MR) is 70.2 cm³/mol. The molecule has 0 saturated carbocycles. The fourth-order valence-corrected chi connectivity index (χ4v) is 1.44. The van der Waals surface area contributed by atoms with Gasteiger partial charge in [0, 0.05) is 12.1 Å². The molecule has 1 aromatic carbocycles. The number of terminal acetylenes is 1. The number of ether oxygens (including phenoxy) is 1. The second kappa shape index (κ2) is 7.11. The predicted octanol–water partition coefficient (Wildman–Crippen LogP) is 1.15. The summed E-state index contributed by atoms with van der Waals surface area (Å²) in [4.78, 5) is 32.7. The number of nitro groups is 1. The zero-order valence-corrected chi connectivity index (χ0v) is 10.8. The summed E-state index contributed by atoms with van der Waals surface area (Å²) in [6.07, 6.45) is 4.94. The summed E-state index contributed by atoms with van der Waals surface area (Å²) in [6.45, 7) is -0.498. The number of esters is 1. The lowest BCUT2D eigenvalue weighted by atomic mass is 10.2. The van der Waals surface area contributed by atoms with Gasteiger partial charge in [0.25, 0.3) is 11.6 Å². The van der Waals surface area contributed by atoms with Gasteiger partial charge < -0.3 is 10.1 Å². The zero-order valence-electron chi connectivity index (χ0n) is 10.1. The number of hydrogen-bond donors (Lipinski definition) is 1. The van der Waals surface area contributed by atoms with Crippen LogP contribution in [0, 0.1) is 22.5 Å². The molecule has 1 aromatic rings. The number of carbonyl (C=O) groups excluding carboxylic acids is 2. The average molecular weight is 297 g/mol. The summed E-state index contributed by atoms with van der Waals surface area (Å²) in [5.41, 5.74) is -0.319. The maximum Gasteiger partial charge on any atom is 0.340 e. The monoisotopic (exact) mass is 296 g/mol. The second-order valence-corrected chi connectivity index (χ2v) is 3.89. The molecule has 8 heteroatoms. The van der Waals surface area contributed by atoms with Crippen LogP contribution in [0.5, 0.6) is 0 Å². The SMILES string of the molecule is C#CCNC(=O)COC(=O)c1ccc([N+](=O)[O-])cc1Cl. The van der Waals surface area contributed by atoms with E-state index in [1.165, 1.54) is 0 Å². The Bertz CT molecular complexity index is 594. The first-order valence-electron chi connectivity index (χ1n) is 5.27. The molecule has 104 valence electrons. The first-order valence-corrected chi connectivity index (χ1v) is 5.64. The van der Waals surface area contributed by atoms with Crippen LogP contribution in [0.3, 0.4) is 0 Å². The van der Waals surface area contributed by atoms with E-state index < -0.39 is 23.4 Å². The fourth-order valence-electron chi connectivity index (χ4n) is 1.19. The first kappa shape index (κ1) is 15.5. The Labute approximate surface area is 119 Å². The second-order valence-electron chi connectivity index (χ2n) is 3.48. The van der Waals surface area contributed by atoms with Gasteiger partial charge in [0.05, 0.1) is 22.1 Å². The molecule has 1 rings (SSSR count). The van der Waals surface area contributed by atoms with Crippen molar-refractivity contribution in [2.75, 3.05) is 13.2 Å². The summed E-state index contributed by atoms with van der Waals surface area (Å²) in [7, 11) is 0. The number of benzene rings is 1. The Hall–Kier alpha value is -2.59. The molecule has 20 heavy (non-hydrogen) atoms. The van der Waals surface area contributed by atoms with Crippen LogP contribution in [0.2, 0.25) is 5.02 Å². The summed E-state index contributed by atoms with van der Waals surface area (Å²) < 4.78 is 4.69. The van der Waals surface area contributed by atoms with Crippen molar-refractivity contribution in [3.63, 3.8) is 0 Å². The van der Waals surface area contributed by atoms with E-state index in [-0.39, 0.29) is 22.8 Å². The van der Waals surface area contributed by atoms with E-state index >= 15 is 0 Å². The highest BCUT2D eigenvalue weighted by Gasteiger charge is 2.16. The zero-order chi connectivity index (χ0) is 15.1. The molecule has 0 heterocycles. The van der Waals surface area contributed by atoms with Crippen molar-refractivity contribution in [2.45, 2.75) is 0 Å². The highest BCUT2D eigenvalue weighted by molar-refractivity contribution is 6.33. The Morgan fingerprint density at radius 1 is 1.50 bits per heavy atom. The Balaban J connectivity index is 2.67. The topological polar surface area (TPSA) is 98.5 Å². The number of amides is 1. The van der Waals surface area contributed by atoms with Crippen molar-refractivity contribution in [1.82, 2.24) is 5.32 Å². The van der Waals surface area contributed by atoms with Crippen LogP contribution in [-0.4, -0.2) is 30.0 Å². The highest BCUT2D eigenvalue weighted by Crippen LogP contribution is 2.22. The summed E-state index contributed by atoms with van der Waals surface area (Å²) >= 11 is 5.73. The minimum atomic E-state index is -0.860. The third kappa shape index (κ3) is 4.26. The third-order valence-corrected chi connectivity index (χ3v) is 2.42. The van der Waals surface area contributed by atoms with Gasteiger partial charge in [-0.2, -0.15) is 0 Å².